The SMILES string of the molecule is CCOC(=O)c1c[nH+]c2c(ccc3ccccc32)c1NCCCCCO. The molecule has 2 aromatic carbocycles. The maximum absolute atomic E-state index is 12.4. The maximum atomic E-state index is 12.4. The van der Waals surface area contributed by atoms with Gasteiger partial charge in [0.05, 0.1) is 23.1 Å². The lowest BCUT2D eigenvalue weighted by atomic mass is 10.0. The van der Waals surface area contributed by atoms with Gasteiger partial charge in [0.15, 0.2) is 6.20 Å². The van der Waals surface area contributed by atoms with E-state index in [1.807, 2.05) is 18.2 Å². The van der Waals surface area contributed by atoms with Crippen molar-refractivity contribution in [2.24, 2.45) is 0 Å². The number of ether oxygens (including phenoxy) is 1. The number of carbonyl (C=O) groups excluding carboxylic acids is 1. The highest BCUT2D eigenvalue weighted by atomic mass is 16.5. The van der Waals surface area contributed by atoms with Gasteiger partial charge >= 0.3 is 5.97 Å². The molecule has 0 unspecified atom stereocenters. The lowest BCUT2D eigenvalue weighted by molar-refractivity contribution is -0.343. The first-order valence-corrected chi connectivity index (χ1v) is 9.14. The van der Waals surface area contributed by atoms with E-state index in [0.717, 1.165) is 53.2 Å². The van der Waals surface area contributed by atoms with Crippen LogP contribution in [-0.2, 0) is 4.74 Å². The second-order valence-electron chi connectivity index (χ2n) is 6.22. The van der Waals surface area contributed by atoms with Gasteiger partial charge in [0, 0.05) is 13.2 Å². The van der Waals surface area contributed by atoms with Gasteiger partial charge < -0.3 is 15.2 Å². The molecule has 0 bridgehead atoms. The number of aromatic amines is 1. The number of aromatic nitrogens is 1. The summed E-state index contributed by atoms with van der Waals surface area (Å²) in [6.07, 6.45) is 4.39. The number of pyridine rings is 1. The van der Waals surface area contributed by atoms with Crippen molar-refractivity contribution >= 4 is 33.3 Å². The Balaban J connectivity index is 2.03. The fraction of sp³-hybridized carbons (Fsp3) is 0.333. The fourth-order valence-electron chi connectivity index (χ4n) is 3.18. The van der Waals surface area contributed by atoms with Gasteiger partial charge in [0.25, 0.3) is 0 Å². The van der Waals surface area contributed by atoms with Crippen molar-refractivity contribution in [3.05, 3.63) is 48.2 Å². The molecule has 0 radical (unpaired) electrons. The third kappa shape index (κ3) is 3.78. The molecule has 1 heterocycles. The highest BCUT2D eigenvalue weighted by Gasteiger charge is 2.21. The average molecular weight is 353 g/mol. The standard InChI is InChI=1S/C21H24N2O3/c1-2-26-21(25)18-14-23-19-16-9-5-4-8-15(16)10-11-17(19)20(18)22-12-6-3-7-13-24/h4-5,8-11,14,24H,2-3,6-7,12-13H2,1H3,(H,22,23)/p+1. The summed E-state index contributed by atoms with van der Waals surface area (Å²) in [5, 5.41) is 15.6. The van der Waals surface area contributed by atoms with Crippen LogP contribution in [0.2, 0.25) is 0 Å². The lowest BCUT2D eigenvalue weighted by Gasteiger charge is -2.12. The van der Waals surface area contributed by atoms with E-state index >= 15 is 0 Å². The van der Waals surface area contributed by atoms with Gasteiger partial charge in [-0.15, -0.1) is 0 Å². The average Bonchev–Trinajstić information content (AvgIpc) is 2.67. The summed E-state index contributed by atoms with van der Waals surface area (Å²) in [6, 6.07) is 12.3. The number of hydrogen-bond acceptors (Lipinski definition) is 4. The molecule has 0 aliphatic rings. The summed E-state index contributed by atoms with van der Waals surface area (Å²) in [4.78, 5) is 15.7. The van der Waals surface area contributed by atoms with Crippen LogP contribution in [0.15, 0.2) is 42.6 Å². The molecule has 5 heteroatoms. The summed E-state index contributed by atoms with van der Waals surface area (Å²) >= 11 is 0. The number of aliphatic hydroxyl groups is 1. The third-order valence-corrected chi connectivity index (χ3v) is 4.46. The van der Waals surface area contributed by atoms with E-state index in [1.54, 1.807) is 13.1 Å². The van der Waals surface area contributed by atoms with Crippen LogP contribution in [0, 0.1) is 0 Å². The Morgan fingerprint density at radius 1 is 1.12 bits per heavy atom. The maximum Gasteiger partial charge on any atom is 0.346 e. The normalized spacial score (nSPS) is 11.0. The molecule has 0 spiro atoms. The summed E-state index contributed by atoms with van der Waals surface area (Å²) < 4.78 is 5.22. The zero-order chi connectivity index (χ0) is 18.4. The molecule has 5 nitrogen and oxygen atoms in total. The number of carbonyl (C=O) groups is 1. The zero-order valence-electron chi connectivity index (χ0n) is 15.0. The summed E-state index contributed by atoms with van der Waals surface area (Å²) in [6.45, 7) is 3.09. The van der Waals surface area contributed by atoms with Gasteiger partial charge in [-0.3, -0.25) is 0 Å². The van der Waals surface area contributed by atoms with E-state index in [0.29, 0.717) is 12.2 Å². The van der Waals surface area contributed by atoms with Crippen LogP contribution in [0.3, 0.4) is 0 Å². The van der Waals surface area contributed by atoms with Gasteiger partial charge in [0.2, 0.25) is 5.52 Å². The van der Waals surface area contributed by atoms with Crippen LogP contribution in [0.25, 0.3) is 21.7 Å². The van der Waals surface area contributed by atoms with E-state index in [1.165, 1.54) is 0 Å². The summed E-state index contributed by atoms with van der Waals surface area (Å²) in [7, 11) is 0. The topological polar surface area (TPSA) is 72.7 Å². The van der Waals surface area contributed by atoms with Crippen LogP contribution in [0.5, 0.6) is 0 Å². The molecule has 26 heavy (non-hydrogen) atoms. The number of hydrogen-bond donors (Lipinski definition) is 2. The first-order valence-electron chi connectivity index (χ1n) is 9.14. The van der Waals surface area contributed by atoms with Crippen molar-refractivity contribution in [1.82, 2.24) is 0 Å². The Labute approximate surface area is 153 Å². The number of rotatable bonds is 8. The van der Waals surface area contributed by atoms with Gasteiger partial charge in [-0.05, 0) is 43.7 Å². The molecule has 0 amide bonds. The van der Waals surface area contributed by atoms with Crippen LogP contribution >= 0.6 is 0 Å². The molecule has 3 aromatic rings. The first kappa shape index (κ1) is 18.1. The van der Waals surface area contributed by atoms with E-state index in [-0.39, 0.29) is 12.6 Å². The zero-order valence-corrected chi connectivity index (χ0v) is 15.0. The Bertz CT molecular complexity index is 908. The largest absolute Gasteiger partial charge is 0.462 e. The number of aliphatic hydroxyl groups excluding tert-OH is 1. The number of H-pyrrole nitrogens is 1. The molecule has 0 fully saturated rings. The molecule has 3 N–H and O–H groups in total. The molecule has 1 aromatic heterocycles. The molecule has 136 valence electrons. The molecular formula is C21H25N2O3+. The molecule has 0 atom stereocenters. The summed E-state index contributed by atoms with van der Waals surface area (Å²) in [5.74, 6) is -0.336. The van der Waals surface area contributed by atoms with Gasteiger partial charge in [-0.1, -0.05) is 24.3 Å². The predicted molar refractivity (Wildman–Crippen MR) is 103 cm³/mol. The number of unbranched alkanes of at least 4 members (excludes halogenated alkanes) is 2. The smallest absolute Gasteiger partial charge is 0.346 e. The van der Waals surface area contributed by atoms with Crippen LogP contribution in [0.4, 0.5) is 5.69 Å². The Morgan fingerprint density at radius 2 is 1.96 bits per heavy atom. The van der Waals surface area contributed by atoms with E-state index in [2.05, 4.69) is 28.5 Å². The van der Waals surface area contributed by atoms with Crippen molar-refractivity contribution < 1.29 is 19.6 Å². The number of nitrogens with one attached hydrogen (secondary N) is 2. The van der Waals surface area contributed by atoms with Gasteiger partial charge in [-0.25, -0.2) is 9.78 Å². The van der Waals surface area contributed by atoms with Gasteiger partial charge in [0.1, 0.15) is 5.56 Å². The van der Waals surface area contributed by atoms with E-state index in [9.17, 15) is 4.79 Å². The number of fused-ring (bicyclic) bond motifs is 3. The van der Waals surface area contributed by atoms with Crippen LogP contribution < -0.4 is 10.3 Å². The minimum Gasteiger partial charge on any atom is -0.462 e. The fourth-order valence-corrected chi connectivity index (χ4v) is 3.18. The van der Waals surface area contributed by atoms with Crippen molar-refractivity contribution in [2.75, 3.05) is 25.1 Å². The molecule has 0 aliphatic heterocycles. The minimum atomic E-state index is -0.336. The quantitative estimate of drug-likeness (QED) is 0.369. The summed E-state index contributed by atoms with van der Waals surface area (Å²) in [5.41, 5.74) is 2.30. The number of benzene rings is 2. The van der Waals surface area contributed by atoms with Crippen molar-refractivity contribution in [3.63, 3.8) is 0 Å². The van der Waals surface area contributed by atoms with E-state index in [4.69, 9.17) is 9.84 Å². The monoisotopic (exact) mass is 353 g/mol. The Hall–Kier alpha value is -2.66. The first-order chi connectivity index (χ1) is 12.8. The Kier molecular flexibility index (Phi) is 6.02. The van der Waals surface area contributed by atoms with Crippen LogP contribution in [-0.4, -0.2) is 30.8 Å². The van der Waals surface area contributed by atoms with Crippen molar-refractivity contribution in [3.8, 4) is 0 Å². The molecule has 0 saturated carbocycles. The number of esters is 1. The van der Waals surface area contributed by atoms with Crippen molar-refractivity contribution in [1.29, 1.82) is 0 Å². The van der Waals surface area contributed by atoms with Crippen molar-refractivity contribution in [2.45, 2.75) is 26.2 Å². The molecular weight excluding hydrogens is 328 g/mol. The van der Waals surface area contributed by atoms with E-state index < -0.39 is 0 Å². The second-order valence-corrected chi connectivity index (χ2v) is 6.22. The minimum absolute atomic E-state index is 0.212. The highest BCUT2D eigenvalue weighted by molar-refractivity contribution is 6.11. The predicted octanol–water partition coefficient (Wildman–Crippen LogP) is 3.56. The lowest BCUT2D eigenvalue weighted by Crippen LogP contribution is -2.17. The second kappa shape index (κ2) is 8.63. The molecule has 0 saturated heterocycles. The highest BCUT2D eigenvalue weighted by Crippen LogP contribution is 2.30. The Morgan fingerprint density at radius 3 is 2.77 bits per heavy atom. The molecule has 3 rings (SSSR count). The van der Waals surface area contributed by atoms with Crippen LogP contribution in [0.1, 0.15) is 36.5 Å². The number of anilines is 1. The molecule has 0 aliphatic carbocycles. The van der Waals surface area contributed by atoms with Gasteiger partial charge in [-0.2, -0.15) is 0 Å². The third-order valence-electron chi connectivity index (χ3n) is 4.46.